The molecule has 6 nitrogen and oxygen atoms in total. The lowest BCUT2D eigenvalue weighted by Crippen LogP contribution is -2.55. The van der Waals surface area contributed by atoms with Gasteiger partial charge in [-0.15, -0.1) is 10.2 Å². The van der Waals surface area contributed by atoms with E-state index in [2.05, 4.69) is 20.3 Å². The van der Waals surface area contributed by atoms with Gasteiger partial charge in [0, 0.05) is 19.1 Å². The van der Waals surface area contributed by atoms with Crippen LogP contribution >= 0.6 is 0 Å². The average Bonchev–Trinajstić information content (AvgIpc) is 2.92. The first-order chi connectivity index (χ1) is 10.2. The van der Waals surface area contributed by atoms with Crippen molar-refractivity contribution in [1.82, 2.24) is 25.1 Å². The van der Waals surface area contributed by atoms with E-state index in [-0.39, 0.29) is 6.10 Å². The second-order valence-corrected chi connectivity index (χ2v) is 7.11. The largest absolute Gasteiger partial charge is 0.367 e. The molecule has 0 aromatic carbocycles. The third kappa shape index (κ3) is 2.59. The van der Waals surface area contributed by atoms with Crippen molar-refractivity contribution in [2.45, 2.75) is 57.1 Å². The second kappa shape index (κ2) is 5.32. The molecule has 2 heterocycles. The molecule has 3 fully saturated rings. The van der Waals surface area contributed by atoms with Gasteiger partial charge in [0.05, 0.1) is 13.7 Å². The van der Waals surface area contributed by atoms with E-state index < -0.39 is 0 Å². The number of morpholine rings is 1. The molecular formula is C15H25N5O. The normalized spacial score (nSPS) is 30.4. The number of ether oxygens (including phenoxy) is 1. The zero-order valence-corrected chi connectivity index (χ0v) is 12.9. The van der Waals surface area contributed by atoms with Crippen LogP contribution in [-0.4, -0.2) is 50.8 Å². The Balaban J connectivity index is 1.36. The van der Waals surface area contributed by atoms with Crippen LogP contribution in [-0.2, 0) is 11.8 Å². The van der Waals surface area contributed by atoms with E-state index in [1.165, 1.54) is 49.7 Å². The summed E-state index contributed by atoms with van der Waals surface area (Å²) in [4.78, 5) is 4.11. The van der Waals surface area contributed by atoms with Gasteiger partial charge in [-0.05, 0) is 36.3 Å². The topological polar surface area (TPSA) is 56.1 Å². The molecule has 1 saturated heterocycles. The highest BCUT2D eigenvalue weighted by Crippen LogP contribution is 2.53. The van der Waals surface area contributed by atoms with Crippen LogP contribution < -0.4 is 0 Å². The molecule has 2 aliphatic carbocycles. The van der Waals surface area contributed by atoms with E-state index in [0.29, 0.717) is 5.41 Å². The van der Waals surface area contributed by atoms with E-state index >= 15 is 0 Å². The van der Waals surface area contributed by atoms with Crippen LogP contribution in [0.4, 0.5) is 0 Å². The molecule has 1 spiro atoms. The van der Waals surface area contributed by atoms with Gasteiger partial charge >= 0.3 is 0 Å². The second-order valence-electron chi connectivity index (χ2n) is 7.11. The minimum Gasteiger partial charge on any atom is -0.367 e. The number of tetrazole rings is 1. The smallest absolute Gasteiger partial charge is 0.204 e. The monoisotopic (exact) mass is 291 g/mol. The molecule has 0 N–H and O–H groups in total. The summed E-state index contributed by atoms with van der Waals surface area (Å²) in [5.41, 5.74) is 0.696. The molecule has 4 rings (SSSR count). The summed E-state index contributed by atoms with van der Waals surface area (Å²) in [7, 11) is 1.80. The van der Waals surface area contributed by atoms with Crippen molar-refractivity contribution in [2.24, 2.45) is 12.5 Å². The Hall–Kier alpha value is -1.01. The summed E-state index contributed by atoms with van der Waals surface area (Å²) in [5.74, 6) is 0.730. The highest BCUT2D eigenvalue weighted by molar-refractivity contribution is 5.01. The Morgan fingerprint density at radius 1 is 1.19 bits per heavy atom. The summed E-state index contributed by atoms with van der Waals surface area (Å²) >= 11 is 0. The highest BCUT2D eigenvalue weighted by atomic mass is 16.5. The molecule has 21 heavy (non-hydrogen) atoms. The van der Waals surface area contributed by atoms with Gasteiger partial charge in [-0.25, -0.2) is 0 Å². The van der Waals surface area contributed by atoms with E-state index in [0.717, 1.165) is 31.6 Å². The third-order valence-electron chi connectivity index (χ3n) is 5.68. The molecule has 0 radical (unpaired) electrons. The standard InChI is InChI=1S/C15H25N5O/c1-19-17-14(16-18-19)13-11-20(7-8-21-13)12-9-15(10-12)5-3-2-4-6-15/h12-13H,2-11H2,1H3. The molecular weight excluding hydrogens is 266 g/mol. The molecule has 3 aliphatic rings. The molecule has 116 valence electrons. The molecule has 1 atom stereocenters. The summed E-state index contributed by atoms with van der Waals surface area (Å²) < 4.78 is 5.84. The summed E-state index contributed by atoms with van der Waals surface area (Å²) in [6, 6.07) is 0.756. The van der Waals surface area contributed by atoms with Crippen molar-refractivity contribution in [1.29, 1.82) is 0 Å². The van der Waals surface area contributed by atoms with Crippen LogP contribution in [0, 0.1) is 5.41 Å². The SMILES string of the molecule is Cn1nnc(C2CN(C3CC4(CCCCC4)C3)CCO2)n1. The lowest BCUT2D eigenvalue weighted by Gasteiger charge is -2.55. The Kier molecular flexibility index (Phi) is 3.46. The van der Waals surface area contributed by atoms with Crippen LogP contribution in [0.5, 0.6) is 0 Å². The van der Waals surface area contributed by atoms with Gasteiger partial charge < -0.3 is 4.74 Å². The Labute approximate surface area is 125 Å². The fourth-order valence-corrected chi connectivity index (χ4v) is 4.49. The summed E-state index contributed by atoms with van der Waals surface area (Å²) in [6.45, 7) is 2.76. The maximum Gasteiger partial charge on any atom is 0.204 e. The average molecular weight is 291 g/mol. The molecule has 1 unspecified atom stereocenters. The Morgan fingerprint density at radius 2 is 2.00 bits per heavy atom. The molecule has 0 amide bonds. The van der Waals surface area contributed by atoms with Crippen LogP contribution in [0.2, 0.25) is 0 Å². The number of hydrogen-bond acceptors (Lipinski definition) is 5. The van der Waals surface area contributed by atoms with E-state index in [4.69, 9.17) is 4.74 Å². The number of nitrogens with zero attached hydrogens (tertiary/aromatic N) is 5. The molecule has 0 bridgehead atoms. The van der Waals surface area contributed by atoms with Crippen LogP contribution in [0.1, 0.15) is 56.9 Å². The van der Waals surface area contributed by atoms with Crippen LogP contribution in [0.15, 0.2) is 0 Å². The van der Waals surface area contributed by atoms with Gasteiger partial charge in [0.15, 0.2) is 0 Å². The number of rotatable bonds is 2. The van der Waals surface area contributed by atoms with E-state index in [1.807, 2.05) is 0 Å². The molecule has 1 aromatic heterocycles. The first-order valence-corrected chi connectivity index (χ1v) is 8.34. The summed E-state index contributed by atoms with van der Waals surface area (Å²) in [6.07, 6.45) is 10.1. The van der Waals surface area contributed by atoms with Crippen molar-refractivity contribution in [3.63, 3.8) is 0 Å². The van der Waals surface area contributed by atoms with Gasteiger partial charge in [-0.1, -0.05) is 19.3 Å². The van der Waals surface area contributed by atoms with E-state index in [1.54, 1.807) is 7.05 Å². The lowest BCUT2D eigenvalue weighted by molar-refractivity contribution is -0.0959. The van der Waals surface area contributed by atoms with Crippen molar-refractivity contribution < 1.29 is 4.74 Å². The highest BCUT2D eigenvalue weighted by Gasteiger charge is 2.47. The number of aryl methyl sites for hydroxylation is 1. The lowest BCUT2D eigenvalue weighted by atomic mass is 9.58. The van der Waals surface area contributed by atoms with Gasteiger partial charge in [0.1, 0.15) is 6.10 Å². The summed E-state index contributed by atoms with van der Waals surface area (Å²) in [5, 5.41) is 12.3. The fourth-order valence-electron chi connectivity index (χ4n) is 4.49. The predicted octanol–water partition coefficient (Wildman–Crippen LogP) is 1.70. The molecule has 1 aromatic rings. The van der Waals surface area contributed by atoms with Crippen molar-refractivity contribution in [3.05, 3.63) is 5.82 Å². The van der Waals surface area contributed by atoms with Crippen molar-refractivity contribution >= 4 is 0 Å². The molecule has 6 heteroatoms. The van der Waals surface area contributed by atoms with E-state index in [9.17, 15) is 0 Å². The first-order valence-electron chi connectivity index (χ1n) is 8.34. The van der Waals surface area contributed by atoms with Crippen molar-refractivity contribution in [3.8, 4) is 0 Å². The maximum absolute atomic E-state index is 5.84. The number of hydrogen-bond donors (Lipinski definition) is 0. The predicted molar refractivity (Wildman–Crippen MR) is 77.6 cm³/mol. The quantitative estimate of drug-likeness (QED) is 0.830. The molecule has 2 saturated carbocycles. The van der Waals surface area contributed by atoms with Gasteiger partial charge in [-0.2, -0.15) is 4.80 Å². The maximum atomic E-state index is 5.84. The van der Waals surface area contributed by atoms with Crippen molar-refractivity contribution in [2.75, 3.05) is 19.7 Å². The number of aromatic nitrogens is 4. The minimum absolute atomic E-state index is 0.00430. The minimum atomic E-state index is -0.00430. The Morgan fingerprint density at radius 3 is 2.71 bits per heavy atom. The van der Waals surface area contributed by atoms with Gasteiger partial charge in [0.25, 0.3) is 0 Å². The first kappa shape index (κ1) is 13.6. The Bertz CT molecular complexity index is 488. The zero-order chi connectivity index (χ0) is 14.3. The third-order valence-corrected chi connectivity index (χ3v) is 5.68. The fraction of sp³-hybridized carbons (Fsp3) is 0.933. The van der Waals surface area contributed by atoms with Crippen LogP contribution in [0.3, 0.4) is 0 Å². The van der Waals surface area contributed by atoms with Gasteiger partial charge in [-0.3, -0.25) is 4.90 Å². The zero-order valence-electron chi connectivity index (χ0n) is 12.9. The van der Waals surface area contributed by atoms with Crippen LogP contribution in [0.25, 0.3) is 0 Å². The van der Waals surface area contributed by atoms with Gasteiger partial charge in [0.2, 0.25) is 5.82 Å². The molecule has 1 aliphatic heterocycles.